The van der Waals surface area contributed by atoms with Gasteiger partial charge >= 0.3 is 0 Å². The molecule has 2 aliphatic rings. The van der Waals surface area contributed by atoms with Crippen molar-refractivity contribution in [2.24, 2.45) is 0 Å². The summed E-state index contributed by atoms with van der Waals surface area (Å²) in [7, 11) is 1.67. The topological polar surface area (TPSA) is 83.1 Å². The van der Waals surface area contributed by atoms with Gasteiger partial charge in [-0.15, -0.1) is 0 Å². The molecule has 2 amide bonds. The Bertz CT molecular complexity index is 986. The third-order valence-corrected chi connectivity index (χ3v) is 5.80. The number of rotatable bonds is 5. The average molecular weight is 422 g/mol. The van der Waals surface area contributed by atoms with Crippen LogP contribution in [0.1, 0.15) is 30.1 Å². The average Bonchev–Trinajstić information content (AvgIpc) is 2.81. The van der Waals surface area contributed by atoms with E-state index in [0.29, 0.717) is 30.1 Å². The van der Waals surface area contributed by atoms with Crippen molar-refractivity contribution in [3.63, 3.8) is 0 Å². The summed E-state index contributed by atoms with van der Waals surface area (Å²) in [6.07, 6.45) is 1.52. The molecule has 1 saturated heterocycles. The van der Waals surface area contributed by atoms with E-state index in [0.717, 1.165) is 18.9 Å². The minimum absolute atomic E-state index is 0.0172. The molecule has 2 aromatic rings. The lowest BCUT2D eigenvalue weighted by Gasteiger charge is -2.35. The van der Waals surface area contributed by atoms with E-state index in [1.807, 2.05) is 18.2 Å². The van der Waals surface area contributed by atoms with Crippen LogP contribution in [0.15, 0.2) is 42.6 Å². The van der Waals surface area contributed by atoms with Gasteiger partial charge < -0.3 is 19.4 Å². The van der Waals surface area contributed by atoms with Crippen molar-refractivity contribution in [1.82, 2.24) is 9.88 Å². The highest BCUT2D eigenvalue weighted by molar-refractivity contribution is 6.03. The third kappa shape index (κ3) is 4.38. The van der Waals surface area contributed by atoms with E-state index < -0.39 is 6.10 Å². The van der Waals surface area contributed by atoms with E-state index in [2.05, 4.69) is 9.88 Å². The smallest absolute Gasteiger partial charge is 0.267 e. The van der Waals surface area contributed by atoms with E-state index in [1.165, 1.54) is 4.90 Å². The van der Waals surface area contributed by atoms with Crippen LogP contribution >= 0.6 is 0 Å². The predicted molar refractivity (Wildman–Crippen MR) is 117 cm³/mol. The lowest BCUT2D eigenvalue weighted by Crippen LogP contribution is -2.49. The number of hydrogen-bond acceptors (Lipinski definition) is 6. The molecule has 0 spiro atoms. The number of carbonyl (C=O) groups is 3. The summed E-state index contributed by atoms with van der Waals surface area (Å²) < 4.78 is 5.60. The Morgan fingerprint density at radius 3 is 2.58 bits per heavy atom. The van der Waals surface area contributed by atoms with Crippen molar-refractivity contribution in [2.45, 2.75) is 25.9 Å². The van der Waals surface area contributed by atoms with Crippen molar-refractivity contribution < 1.29 is 19.1 Å². The standard InChI is InChI=1S/C23H26N4O4/c1-16-23(30)25(2)18-15-17(6-8-20(18)31-16)19(28)7-9-22(29)27-13-11-26(12-14-27)21-5-3-4-10-24-21/h3-6,8,10,15-16H,7,9,11-14H2,1-2H3. The molecule has 3 heterocycles. The number of anilines is 2. The minimum atomic E-state index is -0.546. The first-order chi connectivity index (χ1) is 14.9. The Kier molecular flexibility index (Phi) is 5.88. The van der Waals surface area contributed by atoms with E-state index in [-0.39, 0.29) is 30.4 Å². The first kappa shape index (κ1) is 20.8. The quantitative estimate of drug-likeness (QED) is 0.687. The molecule has 1 atom stereocenters. The van der Waals surface area contributed by atoms with Crippen LogP contribution in [0, 0.1) is 0 Å². The van der Waals surface area contributed by atoms with E-state index in [1.54, 1.807) is 43.3 Å². The summed E-state index contributed by atoms with van der Waals surface area (Å²) in [6, 6.07) is 10.9. The first-order valence-electron chi connectivity index (χ1n) is 10.5. The van der Waals surface area contributed by atoms with Crippen LogP contribution in [0.2, 0.25) is 0 Å². The van der Waals surface area contributed by atoms with Crippen molar-refractivity contribution in [1.29, 1.82) is 0 Å². The fraction of sp³-hybridized carbons (Fsp3) is 0.391. The summed E-state index contributed by atoms with van der Waals surface area (Å²) >= 11 is 0. The number of likely N-dealkylation sites (N-methyl/N-ethyl adjacent to an activating group) is 1. The molecule has 0 aliphatic carbocycles. The molecule has 0 radical (unpaired) electrons. The molecule has 2 aliphatic heterocycles. The zero-order chi connectivity index (χ0) is 22.0. The van der Waals surface area contributed by atoms with Crippen molar-refractivity contribution in [2.75, 3.05) is 43.0 Å². The maximum absolute atomic E-state index is 12.7. The fourth-order valence-corrected chi connectivity index (χ4v) is 3.93. The Hall–Kier alpha value is -3.42. The molecule has 1 unspecified atom stereocenters. The molecule has 0 N–H and O–H groups in total. The number of hydrogen-bond donors (Lipinski definition) is 0. The molecular formula is C23H26N4O4. The van der Waals surface area contributed by atoms with Crippen molar-refractivity contribution >= 4 is 29.1 Å². The second-order valence-electron chi connectivity index (χ2n) is 7.82. The molecule has 8 nitrogen and oxygen atoms in total. The van der Waals surface area contributed by atoms with Crippen LogP contribution in [0.5, 0.6) is 5.75 Å². The highest BCUT2D eigenvalue weighted by atomic mass is 16.5. The number of carbonyl (C=O) groups excluding carboxylic acids is 3. The summed E-state index contributed by atoms with van der Waals surface area (Å²) in [5.41, 5.74) is 1.05. The van der Waals surface area contributed by atoms with Gasteiger partial charge in [-0.25, -0.2) is 4.98 Å². The molecule has 1 aromatic carbocycles. The zero-order valence-corrected chi connectivity index (χ0v) is 17.8. The Morgan fingerprint density at radius 1 is 1.10 bits per heavy atom. The number of pyridine rings is 1. The number of ether oxygens (including phenoxy) is 1. The summed E-state index contributed by atoms with van der Waals surface area (Å²) in [5, 5.41) is 0. The van der Waals surface area contributed by atoms with Gasteiger partial charge in [-0.1, -0.05) is 6.07 Å². The number of piperazine rings is 1. The van der Waals surface area contributed by atoms with Crippen LogP contribution in [-0.4, -0.2) is 66.8 Å². The Labute approximate surface area is 181 Å². The second kappa shape index (κ2) is 8.75. The predicted octanol–water partition coefficient (Wildman–Crippen LogP) is 2.14. The number of amides is 2. The summed E-state index contributed by atoms with van der Waals surface area (Å²) in [6.45, 7) is 4.37. The van der Waals surface area contributed by atoms with Gasteiger partial charge in [0.2, 0.25) is 5.91 Å². The lowest BCUT2D eigenvalue weighted by atomic mass is 10.0. The highest BCUT2D eigenvalue weighted by Crippen LogP contribution is 2.34. The van der Waals surface area contributed by atoms with Crippen molar-refractivity contribution in [3.8, 4) is 5.75 Å². The number of benzene rings is 1. The van der Waals surface area contributed by atoms with Crippen LogP contribution in [0.3, 0.4) is 0 Å². The van der Waals surface area contributed by atoms with Gasteiger partial charge in [0.25, 0.3) is 5.91 Å². The summed E-state index contributed by atoms with van der Waals surface area (Å²) in [4.78, 5) is 47.2. The fourth-order valence-electron chi connectivity index (χ4n) is 3.93. The van der Waals surface area contributed by atoms with Crippen LogP contribution in [0.4, 0.5) is 11.5 Å². The first-order valence-corrected chi connectivity index (χ1v) is 10.5. The Morgan fingerprint density at radius 2 is 1.87 bits per heavy atom. The molecular weight excluding hydrogens is 396 g/mol. The van der Waals surface area contributed by atoms with Gasteiger partial charge in [0, 0.05) is 57.8 Å². The number of fused-ring (bicyclic) bond motifs is 1. The maximum atomic E-state index is 12.7. The highest BCUT2D eigenvalue weighted by Gasteiger charge is 2.29. The SMILES string of the molecule is CC1Oc2ccc(C(=O)CCC(=O)N3CCN(c4ccccn4)CC3)cc2N(C)C1=O. The summed E-state index contributed by atoms with van der Waals surface area (Å²) in [5.74, 6) is 1.20. The second-order valence-corrected chi connectivity index (χ2v) is 7.82. The molecule has 1 aromatic heterocycles. The van der Waals surface area contributed by atoms with Crippen LogP contribution < -0.4 is 14.5 Å². The zero-order valence-electron chi connectivity index (χ0n) is 17.8. The normalized spacial score (nSPS) is 18.5. The molecule has 8 heteroatoms. The molecule has 0 saturated carbocycles. The van der Waals surface area contributed by atoms with E-state index in [9.17, 15) is 14.4 Å². The van der Waals surface area contributed by atoms with E-state index in [4.69, 9.17) is 4.74 Å². The molecule has 0 bridgehead atoms. The number of aromatic nitrogens is 1. The molecule has 4 rings (SSSR count). The van der Waals surface area contributed by atoms with Crippen molar-refractivity contribution in [3.05, 3.63) is 48.2 Å². The molecule has 1 fully saturated rings. The molecule has 162 valence electrons. The molecule has 31 heavy (non-hydrogen) atoms. The minimum Gasteiger partial charge on any atom is -0.479 e. The Balaban J connectivity index is 1.31. The van der Waals surface area contributed by atoms with Gasteiger partial charge in [-0.2, -0.15) is 0 Å². The van der Waals surface area contributed by atoms with Crippen LogP contribution in [-0.2, 0) is 9.59 Å². The van der Waals surface area contributed by atoms with E-state index >= 15 is 0 Å². The van der Waals surface area contributed by atoms with Gasteiger partial charge in [0.05, 0.1) is 5.69 Å². The van der Waals surface area contributed by atoms with Gasteiger partial charge in [-0.3, -0.25) is 14.4 Å². The largest absolute Gasteiger partial charge is 0.479 e. The number of nitrogens with zero attached hydrogens (tertiary/aromatic N) is 4. The van der Waals surface area contributed by atoms with Gasteiger partial charge in [0.15, 0.2) is 11.9 Å². The monoisotopic (exact) mass is 422 g/mol. The maximum Gasteiger partial charge on any atom is 0.267 e. The van der Waals surface area contributed by atoms with Gasteiger partial charge in [0.1, 0.15) is 11.6 Å². The third-order valence-electron chi connectivity index (χ3n) is 5.80. The van der Waals surface area contributed by atoms with Gasteiger partial charge in [-0.05, 0) is 37.3 Å². The lowest BCUT2D eigenvalue weighted by molar-refractivity contribution is -0.131. The van der Waals surface area contributed by atoms with Crippen LogP contribution in [0.25, 0.3) is 0 Å². The number of Topliss-reactive ketones (excluding diaryl/α,β-unsaturated/α-hetero) is 1. The number of ketones is 1.